The number of carbonyl (C=O) groups is 2. The van der Waals surface area contributed by atoms with E-state index in [2.05, 4.69) is 0 Å². The summed E-state index contributed by atoms with van der Waals surface area (Å²) in [6.45, 7) is 0. The number of carboxylic acids is 1. The van der Waals surface area contributed by atoms with Gasteiger partial charge in [-0.3, -0.25) is 9.59 Å². The van der Waals surface area contributed by atoms with Crippen molar-refractivity contribution in [1.29, 1.82) is 0 Å². The predicted molar refractivity (Wildman–Crippen MR) is 102 cm³/mol. The minimum Gasteiger partial charge on any atom is -0.481 e. The third-order valence-electron chi connectivity index (χ3n) is 4.49. The van der Waals surface area contributed by atoms with E-state index in [4.69, 9.17) is 9.84 Å². The lowest BCUT2D eigenvalue weighted by atomic mass is 10.0. The number of hydrogen-bond donors (Lipinski definition) is 2. The maximum atomic E-state index is 12.6. The zero-order chi connectivity index (χ0) is 21.2. The molecular weight excluding hydrogens is 382 g/mol. The molecule has 0 radical (unpaired) electrons. The van der Waals surface area contributed by atoms with E-state index in [1.807, 2.05) is 0 Å². The predicted octanol–water partition coefficient (Wildman–Crippen LogP) is 4.71. The van der Waals surface area contributed by atoms with Crippen LogP contribution in [0.25, 0.3) is 0 Å². The molecule has 1 heterocycles. The summed E-state index contributed by atoms with van der Waals surface area (Å²) in [4.78, 5) is 21.2. The van der Waals surface area contributed by atoms with E-state index in [1.54, 1.807) is 12.1 Å². The molecule has 2 N–H and O–H groups in total. The van der Waals surface area contributed by atoms with E-state index < -0.39 is 12.1 Å². The molecule has 0 spiro atoms. The summed E-state index contributed by atoms with van der Waals surface area (Å²) in [6.07, 6.45) is 2.10. The zero-order valence-electron chi connectivity index (χ0n) is 15.9. The van der Waals surface area contributed by atoms with Crippen LogP contribution in [0.4, 0.5) is 8.78 Å². The maximum absolute atomic E-state index is 12.6. The van der Waals surface area contributed by atoms with Crippen LogP contribution >= 0.6 is 0 Å². The molecule has 7 heteroatoms. The molecule has 1 aliphatic rings. The van der Waals surface area contributed by atoms with Gasteiger partial charge in [0.25, 0.3) is 0 Å². The lowest BCUT2D eigenvalue weighted by Gasteiger charge is -2.22. The van der Waals surface area contributed by atoms with Crippen LogP contribution < -0.4 is 0 Å². The number of halogens is 2. The van der Waals surface area contributed by atoms with Gasteiger partial charge in [-0.05, 0) is 61.1 Å². The van der Waals surface area contributed by atoms with Crippen LogP contribution in [0.15, 0.2) is 48.5 Å². The smallest absolute Gasteiger partial charge is 0.306 e. The summed E-state index contributed by atoms with van der Waals surface area (Å²) >= 11 is 0. The summed E-state index contributed by atoms with van der Waals surface area (Å²) < 4.78 is 30.3. The monoisotopic (exact) mass is 406 g/mol. The van der Waals surface area contributed by atoms with Crippen molar-refractivity contribution in [2.24, 2.45) is 0 Å². The lowest BCUT2D eigenvalue weighted by molar-refractivity contribution is -0.154. The van der Waals surface area contributed by atoms with Gasteiger partial charge in [-0.25, -0.2) is 8.78 Å². The van der Waals surface area contributed by atoms with Crippen molar-refractivity contribution in [2.75, 3.05) is 0 Å². The van der Waals surface area contributed by atoms with Crippen molar-refractivity contribution in [1.82, 2.24) is 0 Å². The van der Waals surface area contributed by atoms with Crippen molar-refractivity contribution in [3.63, 3.8) is 0 Å². The maximum Gasteiger partial charge on any atom is 0.306 e. The Hall–Kier alpha value is -2.80. The molecule has 1 aliphatic heterocycles. The summed E-state index contributed by atoms with van der Waals surface area (Å²) in [7, 11) is 0. The highest BCUT2D eigenvalue weighted by atomic mass is 19.1. The van der Waals surface area contributed by atoms with Gasteiger partial charge in [-0.1, -0.05) is 24.3 Å². The molecule has 0 unspecified atom stereocenters. The average molecular weight is 406 g/mol. The number of hydrogen-bond acceptors (Lipinski definition) is 4. The van der Waals surface area contributed by atoms with Gasteiger partial charge >= 0.3 is 11.9 Å². The fourth-order valence-corrected chi connectivity index (χ4v) is 2.92. The van der Waals surface area contributed by atoms with Crippen molar-refractivity contribution in [3.8, 4) is 0 Å². The minimum atomic E-state index is -0.874. The highest BCUT2D eigenvalue weighted by Gasteiger charge is 2.21. The van der Waals surface area contributed by atoms with E-state index >= 15 is 0 Å². The molecular formula is C22H24F2O5. The van der Waals surface area contributed by atoms with Gasteiger partial charge in [0.15, 0.2) is 0 Å². The van der Waals surface area contributed by atoms with Gasteiger partial charge in [-0.2, -0.15) is 0 Å². The molecule has 1 fully saturated rings. The second kappa shape index (κ2) is 11.3. The highest BCUT2D eigenvalue weighted by molar-refractivity contribution is 5.70. The molecule has 2 aromatic rings. The van der Waals surface area contributed by atoms with Crippen LogP contribution in [0.1, 0.15) is 61.9 Å². The number of benzene rings is 2. The van der Waals surface area contributed by atoms with E-state index in [-0.39, 0.29) is 30.1 Å². The van der Waals surface area contributed by atoms with Crippen LogP contribution in [0.5, 0.6) is 0 Å². The summed E-state index contributed by atoms with van der Waals surface area (Å²) in [5.74, 6) is -1.65. The molecule has 29 heavy (non-hydrogen) atoms. The van der Waals surface area contributed by atoms with Crippen molar-refractivity contribution in [3.05, 3.63) is 71.3 Å². The van der Waals surface area contributed by atoms with Crippen LogP contribution in [-0.4, -0.2) is 22.2 Å². The SMILES string of the molecule is O=C(O)CCC[C@H](O)c1ccc(F)cc1.O=C1CCC[C@@H](c2ccc(F)cc2)O1. The van der Waals surface area contributed by atoms with Crippen LogP contribution in [0.3, 0.4) is 0 Å². The van der Waals surface area contributed by atoms with Gasteiger partial charge in [0.05, 0.1) is 6.10 Å². The first-order valence-corrected chi connectivity index (χ1v) is 9.45. The number of aliphatic hydroxyl groups is 1. The zero-order valence-corrected chi connectivity index (χ0v) is 15.9. The first-order chi connectivity index (χ1) is 13.8. The highest BCUT2D eigenvalue weighted by Crippen LogP contribution is 2.28. The fourth-order valence-electron chi connectivity index (χ4n) is 2.92. The summed E-state index contributed by atoms with van der Waals surface area (Å²) in [6, 6.07) is 11.7. The first kappa shape index (κ1) is 22.5. The molecule has 2 aromatic carbocycles. The number of rotatable bonds is 6. The molecule has 156 valence electrons. The van der Waals surface area contributed by atoms with Gasteiger partial charge in [0.2, 0.25) is 0 Å². The van der Waals surface area contributed by atoms with E-state index in [0.717, 1.165) is 18.4 Å². The topological polar surface area (TPSA) is 83.8 Å². The molecule has 2 atom stereocenters. The lowest BCUT2D eigenvalue weighted by Crippen LogP contribution is -2.16. The summed E-state index contributed by atoms with van der Waals surface area (Å²) in [5.41, 5.74) is 1.49. The number of carboxylic acid groups (broad SMARTS) is 1. The van der Waals surface area contributed by atoms with E-state index in [0.29, 0.717) is 24.8 Å². The van der Waals surface area contributed by atoms with E-state index in [9.17, 15) is 23.5 Å². The van der Waals surface area contributed by atoms with Gasteiger partial charge in [0, 0.05) is 12.8 Å². The number of aliphatic hydroxyl groups excluding tert-OH is 1. The molecule has 0 bridgehead atoms. The normalized spacial score (nSPS) is 16.9. The second-order valence-electron chi connectivity index (χ2n) is 6.78. The number of ether oxygens (including phenoxy) is 1. The Morgan fingerprint density at radius 2 is 1.66 bits per heavy atom. The van der Waals surface area contributed by atoms with Gasteiger partial charge in [0.1, 0.15) is 17.7 Å². The quantitative estimate of drug-likeness (QED) is 0.679. The fraction of sp³-hybridized carbons (Fsp3) is 0.364. The molecule has 0 aliphatic carbocycles. The summed E-state index contributed by atoms with van der Waals surface area (Å²) in [5, 5.41) is 18.0. The number of aliphatic carboxylic acids is 1. The average Bonchev–Trinajstić information content (AvgIpc) is 2.69. The number of carbonyl (C=O) groups excluding carboxylic acids is 1. The van der Waals surface area contributed by atoms with Crippen LogP contribution in [-0.2, 0) is 14.3 Å². The van der Waals surface area contributed by atoms with E-state index in [1.165, 1.54) is 36.4 Å². The Morgan fingerprint density at radius 1 is 1.07 bits per heavy atom. The largest absolute Gasteiger partial charge is 0.481 e. The van der Waals surface area contributed by atoms with Gasteiger partial charge < -0.3 is 14.9 Å². The Morgan fingerprint density at radius 3 is 2.21 bits per heavy atom. The van der Waals surface area contributed by atoms with Crippen molar-refractivity contribution in [2.45, 2.75) is 50.7 Å². The molecule has 0 aromatic heterocycles. The first-order valence-electron chi connectivity index (χ1n) is 9.45. The third-order valence-corrected chi connectivity index (χ3v) is 4.49. The second-order valence-corrected chi connectivity index (χ2v) is 6.78. The number of cyclic esters (lactones) is 1. The Bertz CT molecular complexity index is 790. The molecule has 5 nitrogen and oxygen atoms in total. The minimum absolute atomic E-state index is 0.0399. The molecule has 0 saturated carbocycles. The van der Waals surface area contributed by atoms with Crippen LogP contribution in [0, 0.1) is 11.6 Å². The third kappa shape index (κ3) is 7.99. The van der Waals surface area contributed by atoms with Crippen molar-refractivity contribution >= 4 is 11.9 Å². The van der Waals surface area contributed by atoms with Gasteiger partial charge in [-0.15, -0.1) is 0 Å². The standard InChI is InChI=1S/C11H13FO3.C11H11FO2/c12-9-6-4-8(5-7-9)10(13)2-1-3-11(14)15;12-9-6-4-8(5-7-9)10-2-1-3-11(13)14-10/h4-7,10,13H,1-3H2,(H,14,15);4-7,10H,1-3H2/t2*10-/m00/s1. The Kier molecular flexibility index (Phi) is 8.73. The molecule has 0 amide bonds. The Labute approximate surface area is 167 Å². The molecule has 3 rings (SSSR count). The Balaban J connectivity index is 0.000000207. The number of esters is 1. The molecule has 1 saturated heterocycles. The van der Waals surface area contributed by atoms with Crippen LogP contribution in [0.2, 0.25) is 0 Å². The van der Waals surface area contributed by atoms with Crippen molar-refractivity contribution < 1.29 is 33.3 Å².